The average molecular weight is 386 g/mol. The molecule has 2 atom stereocenters. The highest BCUT2D eigenvalue weighted by atomic mass is 16.5. The van der Waals surface area contributed by atoms with Gasteiger partial charge < -0.3 is 24.1 Å². The Kier molecular flexibility index (Phi) is 4.98. The van der Waals surface area contributed by atoms with Crippen LogP contribution in [0.2, 0.25) is 0 Å². The van der Waals surface area contributed by atoms with Crippen LogP contribution in [0.4, 0.5) is 0 Å². The fourth-order valence-electron chi connectivity index (χ4n) is 3.47. The summed E-state index contributed by atoms with van der Waals surface area (Å²) in [6.07, 6.45) is 7.48. The Balaban J connectivity index is 1.73. The Morgan fingerprint density at radius 1 is 1.25 bits per heavy atom. The Hall–Kier alpha value is -2.96. The molecular formula is C21H22O7. The number of fused-ring (bicyclic) bond motifs is 1. The fraction of sp³-hybridized carbons (Fsp3) is 0.429. The van der Waals surface area contributed by atoms with Gasteiger partial charge in [0, 0.05) is 11.1 Å². The minimum Gasteiger partial charge on any atom is -0.500 e. The van der Waals surface area contributed by atoms with Crippen molar-refractivity contribution in [2.24, 2.45) is 11.8 Å². The number of rotatable bonds is 8. The van der Waals surface area contributed by atoms with Crippen molar-refractivity contribution < 1.29 is 33.6 Å². The third-order valence-electron chi connectivity index (χ3n) is 5.18. The van der Waals surface area contributed by atoms with Gasteiger partial charge in [0.15, 0.2) is 23.9 Å². The zero-order chi connectivity index (χ0) is 19.7. The second-order valence-corrected chi connectivity index (χ2v) is 7.20. The number of carboxylic acid groups (broad SMARTS) is 1. The van der Waals surface area contributed by atoms with E-state index in [-0.39, 0.29) is 17.5 Å². The lowest BCUT2D eigenvalue weighted by Gasteiger charge is -2.25. The number of carboxylic acids is 1. The number of aliphatic carboxylic acids is 1. The Bertz CT molecular complexity index is 851. The number of methoxy groups -OCH3 is 1. The first-order valence-electron chi connectivity index (χ1n) is 9.30. The summed E-state index contributed by atoms with van der Waals surface area (Å²) in [5, 5.41) is 9.09. The molecule has 1 N–H and O–H groups in total. The van der Waals surface area contributed by atoms with E-state index < -0.39 is 18.5 Å². The highest BCUT2D eigenvalue weighted by Gasteiger charge is 2.37. The number of hydrogen-bond acceptors (Lipinski definition) is 6. The molecule has 0 saturated heterocycles. The normalized spacial score (nSPS) is 22.9. The van der Waals surface area contributed by atoms with Crippen LogP contribution in [-0.2, 0) is 14.3 Å². The molecule has 2 unspecified atom stereocenters. The number of ether oxygens (including phenoxy) is 4. The molecule has 7 nitrogen and oxygen atoms in total. The molecule has 0 radical (unpaired) electrons. The first-order valence-corrected chi connectivity index (χ1v) is 9.30. The number of benzene rings is 1. The molecule has 0 aromatic heterocycles. The minimum atomic E-state index is -1.11. The number of Topliss-reactive ketones (excluding diaryl/α,β-unsaturated/α-hetero) is 1. The summed E-state index contributed by atoms with van der Waals surface area (Å²) in [5.41, 5.74) is 1.42. The Morgan fingerprint density at radius 2 is 2.07 bits per heavy atom. The first-order chi connectivity index (χ1) is 13.6. The Labute approximate surface area is 162 Å². The van der Waals surface area contributed by atoms with Gasteiger partial charge in [-0.25, -0.2) is 4.79 Å². The fourth-order valence-corrected chi connectivity index (χ4v) is 3.47. The molecule has 1 aromatic rings. The van der Waals surface area contributed by atoms with Gasteiger partial charge in [0.2, 0.25) is 5.75 Å². The van der Waals surface area contributed by atoms with E-state index in [1.807, 2.05) is 6.08 Å². The topological polar surface area (TPSA) is 91.3 Å². The van der Waals surface area contributed by atoms with E-state index in [2.05, 4.69) is 0 Å². The summed E-state index contributed by atoms with van der Waals surface area (Å²) in [4.78, 5) is 24.1. The third kappa shape index (κ3) is 3.56. The van der Waals surface area contributed by atoms with E-state index >= 15 is 0 Å². The summed E-state index contributed by atoms with van der Waals surface area (Å²) in [6, 6.07) is 3.46. The smallest absolute Gasteiger partial charge is 0.341 e. The van der Waals surface area contributed by atoms with Crippen molar-refractivity contribution in [3.8, 4) is 17.2 Å². The second kappa shape index (κ2) is 7.58. The van der Waals surface area contributed by atoms with Gasteiger partial charge in [0.1, 0.15) is 6.61 Å². The van der Waals surface area contributed by atoms with Crippen LogP contribution in [0.15, 0.2) is 36.1 Å². The molecule has 1 aliphatic heterocycles. The van der Waals surface area contributed by atoms with E-state index in [0.29, 0.717) is 36.2 Å². The molecule has 4 rings (SSSR count). The van der Waals surface area contributed by atoms with Gasteiger partial charge in [-0.3, -0.25) is 4.79 Å². The van der Waals surface area contributed by atoms with Crippen LogP contribution < -0.4 is 14.2 Å². The molecule has 0 amide bonds. The van der Waals surface area contributed by atoms with Gasteiger partial charge in [-0.2, -0.15) is 0 Å². The molecule has 0 spiro atoms. The van der Waals surface area contributed by atoms with Crippen molar-refractivity contribution in [2.45, 2.75) is 18.8 Å². The molecule has 28 heavy (non-hydrogen) atoms. The summed E-state index contributed by atoms with van der Waals surface area (Å²) in [7, 11) is 1.51. The second-order valence-electron chi connectivity index (χ2n) is 7.20. The molecule has 1 heterocycles. The van der Waals surface area contributed by atoms with Crippen LogP contribution in [-0.4, -0.2) is 43.8 Å². The van der Waals surface area contributed by atoms with Crippen molar-refractivity contribution in [1.82, 2.24) is 0 Å². The summed E-state index contributed by atoms with van der Waals surface area (Å²) in [6.45, 7) is 0.283. The van der Waals surface area contributed by atoms with E-state index in [9.17, 15) is 9.59 Å². The molecule has 1 fully saturated rings. The number of hydrogen-bond donors (Lipinski definition) is 1. The lowest BCUT2D eigenvalue weighted by molar-refractivity contribution is -0.139. The molecule has 0 bridgehead atoms. The monoisotopic (exact) mass is 386 g/mol. The molecule has 2 aliphatic carbocycles. The van der Waals surface area contributed by atoms with Gasteiger partial charge in [0.05, 0.1) is 31.8 Å². The zero-order valence-corrected chi connectivity index (χ0v) is 15.6. The maximum Gasteiger partial charge on any atom is 0.341 e. The first kappa shape index (κ1) is 18.4. The summed E-state index contributed by atoms with van der Waals surface area (Å²) < 4.78 is 22.3. The lowest BCUT2D eigenvalue weighted by atomic mass is 9.79. The molecule has 148 valence electrons. The Morgan fingerprint density at radius 3 is 2.79 bits per heavy atom. The van der Waals surface area contributed by atoms with Crippen LogP contribution in [0.5, 0.6) is 17.2 Å². The van der Waals surface area contributed by atoms with Gasteiger partial charge in [-0.15, -0.1) is 0 Å². The van der Waals surface area contributed by atoms with Gasteiger partial charge in [-0.1, -0.05) is 18.2 Å². The highest BCUT2D eigenvalue weighted by molar-refractivity contribution is 5.95. The number of ketones is 1. The van der Waals surface area contributed by atoms with Crippen LogP contribution >= 0.6 is 0 Å². The molecular weight excluding hydrogens is 364 g/mol. The van der Waals surface area contributed by atoms with E-state index in [1.54, 1.807) is 24.5 Å². The van der Waals surface area contributed by atoms with E-state index in [1.165, 1.54) is 7.11 Å². The third-order valence-corrected chi connectivity index (χ3v) is 5.18. The van der Waals surface area contributed by atoms with Crippen LogP contribution in [0.1, 0.15) is 24.3 Å². The van der Waals surface area contributed by atoms with Gasteiger partial charge in [-0.05, 0) is 24.8 Å². The van der Waals surface area contributed by atoms with Crippen molar-refractivity contribution in [3.63, 3.8) is 0 Å². The van der Waals surface area contributed by atoms with Crippen molar-refractivity contribution in [1.29, 1.82) is 0 Å². The number of allylic oxidation sites excluding steroid dienone is 2. The van der Waals surface area contributed by atoms with Crippen molar-refractivity contribution >= 4 is 11.8 Å². The van der Waals surface area contributed by atoms with Crippen LogP contribution in [0.3, 0.4) is 0 Å². The van der Waals surface area contributed by atoms with E-state index in [0.717, 1.165) is 18.4 Å². The standard InChI is InChI=1S/C21H22O7/c1-25-17-7-6-15(14-5-4-13-9-26-10-16(13)19(14)24)20(28-11-18(22)23)21(17)27-8-12-2-3-12/h4-7,9,12,14,16H,2-3,8,10-11H2,1H3,(H,22,23). The molecule has 1 aromatic carbocycles. The molecule has 1 saturated carbocycles. The number of carbonyl (C=O) groups excluding carboxylic acids is 1. The minimum absolute atomic E-state index is 0.00950. The maximum atomic E-state index is 13.0. The predicted molar refractivity (Wildman–Crippen MR) is 98.8 cm³/mol. The van der Waals surface area contributed by atoms with E-state index in [4.69, 9.17) is 24.1 Å². The average Bonchev–Trinajstić information content (AvgIpc) is 3.39. The summed E-state index contributed by atoms with van der Waals surface area (Å²) in [5.74, 6) is -0.481. The van der Waals surface area contributed by atoms with Gasteiger partial charge in [0.25, 0.3) is 0 Å². The predicted octanol–water partition coefficient (Wildman–Crippen LogP) is 2.70. The highest BCUT2D eigenvalue weighted by Crippen LogP contribution is 2.46. The van der Waals surface area contributed by atoms with Crippen LogP contribution in [0.25, 0.3) is 0 Å². The number of carbonyl (C=O) groups is 2. The van der Waals surface area contributed by atoms with Crippen LogP contribution in [0, 0.1) is 11.8 Å². The van der Waals surface area contributed by atoms with Crippen molar-refractivity contribution in [3.05, 3.63) is 41.7 Å². The quantitative estimate of drug-likeness (QED) is 0.734. The molecule has 3 aliphatic rings. The zero-order valence-electron chi connectivity index (χ0n) is 15.6. The summed E-state index contributed by atoms with van der Waals surface area (Å²) >= 11 is 0. The largest absolute Gasteiger partial charge is 0.500 e. The van der Waals surface area contributed by atoms with Gasteiger partial charge >= 0.3 is 5.97 Å². The molecule has 7 heteroatoms. The maximum absolute atomic E-state index is 13.0. The SMILES string of the molecule is COc1ccc(C2C=CC3=COCC3C2=O)c(OCC(=O)O)c1OCC1CC1. The lowest BCUT2D eigenvalue weighted by Crippen LogP contribution is -2.27. The van der Waals surface area contributed by atoms with Crippen molar-refractivity contribution in [2.75, 3.05) is 26.9 Å².